The maximum atomic E-state index is 12.7. The molecule has 2 aliphatic rings. The molecule has 0 radical (unpaired) electrons. The van der Waals surface area contributed by atoms with Gasteiger partial charge in [-0.2, -0.15) is 0 Å². The second kappa shape index (κ2) is 9.42. The van der Waals surface area contributed by atoms with Crippen molar-refractivity contribution in [1.29, 1.82) is 0 Å². The number of amides is 2. The van der Waals surface area contributed by atoms with Gasteiger partial charge < -0.3 is 15.1 Å². The van der Waals surface area contributed by atoms with Crippen LogP contribution in [0.15, 0.2) is 30.3 Å². The molecule has 0 saturated carbocycles. The molecule has 1 aromatic rings. The molecule has 3 rings (SSSR count). The largest absolute Gasteiger partial charge is 0.354 e. The molecule has 2 atom stereocenters. The highest BCUT2D eigenvalue weighted by Gasteiger charge is 2.34. The average Bonchev–Trinajstić information content (AvgIpc) is 3.16. The summed E-state index contributed by atoms with van der Waals surface area (Å²) in [7, 11) is 0. The van der Waals surface area contributed by atoms with Gasteiger partial charge in [-0.05, 0) is 44.9 Å². The zero-order valence-corrected chi connectivity index (χ0v) is 16.3. The second-order valence-corrected chi connectivity index (χ2v) is 8.18. The number of thioether (sulfide) groups is 1. The summed E-state index contributed by atoms with van der Waals surface area (Å²) in [6.07, 6.45) is 4.86. The molecular formula is C20H29N3O2S. The van der Waals surface area contributed by atoms with E-state index in [0.717, 1.165) is 13.0 Å². The Labute approximate surface area is 160 Å². The van der Waals surface area contributed by atoms with E-state index in [1.54, 1.807) is 28.8 Å². The molecule has 2 aliphatic heterocycles. The molecular weight excluding hydrogens is 346 g/mol. The molecule has 26 heavy (non-hydrogen) atoms. The van der Waals surface area contributed by atoms with Gasteiger partial charge >= 0.3 is 0 Å². The highest BCUT2D eigenvalue weighted by atomic mass is 32.2. The predicted octanol–water partition coefficient (Wildman–Crippen LogP) is 2.58. The SMILES string of the molecule is CC1CCCCN1CCCNC(=O)C1CSCN1C(=O)c1ccccc1. The minimum atomic E-state index is -0.360. The molecule has 0 aromatic heterocycles. The number of nitrogens with one attached hydrogen (secondary N) is 1. The van der Waals surface area contributed by atoms with E-state index in [1.165, 1.54) is 25.8 Å². The lowest BCUT2D eigenvalue weighted by molar-refractivity contribution is -0.124. The number of hydrogen-bond acceptors (Lipinski definition) is 4. The maximum absolute atomic E-state index is 12.7. The number of hydrogen-bond donors (Lipinski definition) is 1. The van der Waals surface area contributed by atoms with Gasteiger partial charge in [-0.3, -0.25) is 9.59 Å². The molecule has 1 N–H and O–H groups in total. The van der Waals surface area contributed by atoms with E-state index in [0.29, 0.717) is 29.8 Å². The lowest BCUT2D eigenvalue weighted by atomic mass is 10.0. The predicted molar refractivity (Wildman–Crippen MR) is 106 cm³/mol. The molecule has 2 unspecified atom stereocenters. The lowest BCUT2D eigenvalue weighted by Gasteiger charge is -2.33. The third-order valence-corrected chi connectivity index (χ3v) is 6.34. The zero-order chi connectivity index (χ0) is 18.4. The highest BCUT2D eigenvalue weighted by molar-refractivity contribution is 7.99. The molecule has 2 amide bonds. The van der Waals surface area contributed by atoms with Crippen molar-refractivity contribution in [3.63, 3.8) is 0 Å². The average molecular weight is 376 g/mol. The van der Waals surface area contributed by atoms with Gasteiger partial charge in [-0.1, -0.05) is 24.6 Å². The minimum Gasteiger partial charge on any atom is -0.354 e. The van der Waals surface area contributed by atoms with Crippen molar-refractivity contribution in [2.75, 3.05) is 31.3 Å². The van der Waals surface area contributed by atoms with E-state index in [-0.39, 0.29) is 17.9 Å². The van der Waals surface area contributed by atoms with Crippen LogP contribution in [0.2, 0.25) is 0 Å². The van der Waals surface area contributed by atoms with Crippen molar-refractivity contribution in [2.45, 2.75) is 44.7 Å². The first-order chi connectivity index (χ1) is 12.7. The number of likely N-dealkylation sites (tertiary alicyclic amines) is 1. The van der Waals surface area contributed by atoms with Crippen molar-refractivity contribution in [3.8, 4) is 0 Å². The second-order valence-electron chi connectivity index (χ2n) is 7.18. The van der Waals surface area contributed by atoms with Gasteiger partial charge in [-0.25, -0.2) is 0 Å². The fraction of sp³-hybridized carbons (Fsp3) is 0.600. The van der Waals surface area contributed by atoms with Crippen molar-refractivity contribution in [1.82, 2.24) is 15.1 Å². The third kappa shape index (κ3) is 4.80. The summed E-state index contributed by atoms with van der Waals surface area (Å²) in [5.74, 6) is 1.17. The van der Waals surface area contributed by atoms with Crippen LogP contribution in [0.4, 0.5) is 0 Å². The van der Waals surface area contributed by atoms with E-state index in [1.807, 2.05) is 18.2 Å². The summed E-state index contributed by atoms with van der Waals surface area (Å²) >= 11 is 1.64. The molecule has 142 valence electrons. The molecule has 0 bridgehead atoms. The number of rotatable bonds is 6. The Morgan fingerprint density at radius 3 is 2.81 bits per heavy atom. The quantitative estimate of drug-likeness (QED) is 0.777. The smallest absolute Gasteiger partial charge is 0.255 e. The Bertz CT molecular complexity index is 610. The molecule has 2 fully saturated rings. The number of nitrogens with zero attached hydrogens (tertiary/aromatic N) is 2. The first kappa shape index (κ1) is 19.2. The summed E-state index contributed by atoms with van der Waals surface area (Å²) < 4.78 is 0. The number of piperidine rings is 1. The van der Waals surface area contributed by atoms with E-state index in [9.17, 15) is 9.59 Å². The topological polar surface area (TPSA) is 52.7 Å². The van der Waals surface area contributed by atoms with Crippen LogP contribution in [0, 0.1) is 0 Å². The van der Waals surface area contributed by atoms with Gasteiger partial charge in [-0.15, -0.1) is 11.8 Å². The lowest BCUT2D eigenvalue weighted by Crippen LogP contribution is -2.47. The van der Waals surface area contributed by atoms with Crippen LogP contribution < -0.4 is 5.32 Å². The summed E-state index contributed by atoms with van der Waals surface area (Å²) in [6, 6.07) is 9.51. The van der Waals surface area contributed by atoms with E-state index in [4.69, 9.17) is 0 Å². The van der Waals surface area contributed by atoms with Gasteiger partial charge in [0.25, 0.3) is 5.91 Å². The summed E-state index contributed by atoms with van der Waals surface area (Å²) in [5.41, 5.74) is 0.645. The van der Waals surface area contributed by atoms with Crippen LogP contribution in [0.5, 0.6) is 0 Å². The summed E-state index contributed by atoms with van der Waals surface area (Å²) in [6.45, 7) is 5.18. The van der Waals surface area contributed by atoms with E-state index >= 15 is 0 Å². The standard InChI is InChI=1S/C20H29N3O2S/c1-16-8-5-6-12-22(16)13-7-11-21-19(24)18-14-26-15-23(18)20(25)17-9-3-2-4-10-17/h2-4,9-10,16,18H,5-8,11-15H2,1H3,(H,21,24). The molecule has 5 nitrogen and oxygen atoms in total. The Morgan fingerprint density at radius 1 is 1.23 bits per heavy atom. The monoisotopic (exact) mass is 375 g/mol. The van der Waals surface area contributed by atoms with Crippen molar-refractivity contribution in [3.05, 3.63) is 35.9 Å². The van der Waals surface area contributed by atoms with Crippen LogP contribution >= 0.6 is 11.8 Å². The van der Waals surface area contributed by atoms with Crippen LogP contribution in [-0.4, -0.2) is 65.0 Å². The van der Waals surface area contributed by atoms with Crippen LogP contribution in [0.1, 0.15) is 43.0 Å². The molecule has 1 aromatic carbocycles. The first-order valence-corrected chi connectivity index (χ1v) is 10.8. The Morgan fingerprint density at radius 2 is 2.04 bits per heavy atom. The van der Waals surface area contributed by atoms with Gasteiger partial charge in [0.1, 0.15) is 6.04 Å². The van der Waals surface area contributed by atoms with Crippen molar-refractivity contribution < 1.29 is 9.59 Å². The van der Waals surface area contributed by atoms with Crippen LogP contribution in [-0.2, 0) is 4.79 Å². The molecule has 6 heteroatoms. The normalized spacial score (nSPS) is 23.8. The number of carbonyl (C=O) groups excluding carboxylic acids is 2. The van der Waals surface area contributed by atoms with Gasteiger partial charge in [0, 0.05) is 30.4 Å². The zero-order valence-electron chi connectivity index (χ0n) is 15.5. The first-order valence-electron chi connectivity index (χ1n) is 9.62. The highest BCUT2D eigenvalue weighted by Crippen LogP contribution is 2.23. The Balaban J connectivity index is 1.45. The molecule has 2 heterocycles. The summed E-state index contributed by atoms with van der Waals surface area (Å²) in [5, 5.41) is 3.04. The van der Waals surface area contributed by atoms with E-state index in [2.05, 4.69) is 17.1 Å². The third-order valence-electron chi connectivity index (χ3n) is 5.33. The molecule has 0 spiro atoms. The molecule has 0 aliphatic carbocycles. The Hall–Kier alpha value is -1.53. The molecule has 2 saturated heterocycles. The number of carbonyl (C=O) groups is 2. The van der Waals surface area contributed by atoms with Crippen LogP contribution in [0.3, 0.4) is 0 Å². The number of benzene rings is 1. The van der Waals surface area contributed by atoms with Crippen molar-refractivity contribution in [2.24, 2.45) is 0 Å². The van der Waals surface area contributed by atoms with E-state index < -0.39 is 0 Å². The maximum Gasteiger partial charge on any atom is 0.255 e. The Kier molecular flexibility index (Phi) is 6.97. The van der Waals surface area contributed by atoms with Crippen LogP contribution in [0.25, 0.3) is 0 Å². The van der Waals surface area contributed by atoms with Gasteiger partial charge in [0.15, 0.2) is 0 Å². The fourth-order valence-corrected chi connectivity index (χ4v) is 4.86. The van der Waals surface area contributed by atoms with Crippen molar-refractivity contribution >= 4 is 23.6 Å². The minimum absolute atomic E-state index is 0.0222. The summed E-state index contributed by atoms with van der Waals surface area (Å²) in [4.78, 5) is 29.5. The van der Waals surface area contributed by atoms with Gasteiger partial charge in [0.2, 0.25) is 5.91 Å². The fourth-order valence-electron chi connectivity index (χ4n) is 3.71. The van der Waals surface area contributed by atoms with Gasteiger partial charge in [0.05, 0.1) is 5.88 Å².